The van der Waals surface area contributed by atoms with Crippen LogP contribution in [0, 0.1) is 5.92 Å². The van der Waals surface area contributed by atoms with E-state index in [1.807, 2.05) is 0 Å². The van der Waals surface area contributed by atoms with Crippen LogP contribution in [0.25, 0.3) is 0 Å². The summed E-state index contributed by atoms with van der Waals surface area (Å²) >= 11 is 0. The van der Waals surface area contributed by atoms with Gasteiger partial charge in [-0.3, -0.25) is 14.7 Å². The molecule has 0 radical (unpaired) electrons. The number of rotatable bonds is 4. The molecule has 1 aliphatic rings. The highest BCUT2D eigenvalue weighted by molar-refractivity contribution is 5.92. The van der Waals surface area contributed by atoms with Crippen LogP contribution >= 0.6 is 0 Å². The fourth-order valence-corrected chi connectivity index (χ4v) is 2.65. The highest BCUT2D eigenvalue weighted by Gasteiger charge is 2.24. The lowest BCUT2D eigenvalue weighted by atomic mass is 10.1. The molecule has 122 valence electrons. The molecule has 3 heterocycles. The first-order chi connectivity index (χ1) is 11.0. The van der Waals surface area contributed by atoms with Crippen molar-refractivity contribution >= 4 is 17.4 Å². The lowest BCUT2D eigenvalue weighted by molar-refractivity contribution is 0.0943. The third kappa shape index (κ3) is 3.33. The van der Waals surface area contributed by atoms with Gasteiger partial charge in [-0.2, -0.15) is 10.2 Å². The molecule has 2 aromatic heterocycles. The number of H-pyrrole nitrogens is 1. The highest BCUT2D eigenvalue weighted by atomic mass is 16.2. The second-order valence-electron chi connectivity index (χ2n) is 5.69. The van der Waals surface area contributed by atoms with E-state index in [4.69, 9.17) is 5.73 Å². The quantitative estimate of drug-likeness (QED) is 0.688. The van der Waals surface area contributed by atoms with E-state index in [1.165, 1.54) is 10.7 Å². The number of hydrogen-bond donors (Lipinski definition) is 3. The van der Waals surface area contributed by atoms with Crippen LogP contribution in [0.4, 0.5) is 11.5 Å². The number of hydrogen-bond acceptors (Lipinski definition) is 6. The predicted molar refractivity (Wildman–Crippen MR) is 85.1 cm³/mol. The average Bonchev–Trinajstić information content (AvgIpc) is 3.17. The standard InChI is InChI=1S/C14H19N7O2/c1-20-13(22)4-10(7-17-20)21-3-2-9(8-21)6-16-14(23)11-5-12(15)19-18-11/h4-5,7,9H,2-3,6,8H2,1H3,(H,16,23)(H3,15,18,19)/t9-/m1/s1. The number of nitrogens with two attached hydrogens (primary N) is 1. The van der Waals surface area contributed by atoms with Gasteiger partial charge in [0, 0.05) is 38.8 Å². The number of amides is 1. The van der Waals surface area contributed by atoms with Crippen LogP contribution in [0.1, 0.15) is 16.9 Å². The number of carbonyl (C=O) groups is 1. The second kappa shape index (κ2) is 6.11. The van der Waals surface area contributed by atoms with Crippen molar-refractivity contribution in [3.63, 3.8) is 0 Å². The minimum Gasteiger partial charge on any atom is -0.382 e. The molecule has 1 saturated heterocycles. The molecule has 1 aliphatic heterocycles. The van der Waals surface area contributed by atoms with Crippen molar-refractivity contribution in [2.24, 2.45) is 13.0 Å². The fraction of sp³-hybridized carbons (Fsp3) is 0.429. The smallest absolute Gasteiger partial charge is 0.269 e. The van der Waals surface area contributed by atoms with E-state index in [9.17, 15) is 9.59 Å². The molecule has 1 atom stereocenters. The fourth-order valence-electron chi connectivity index (χ4n) is 2.65. The summed E-state index contributed by atoms with van der Waals surface area (Å²) < 4.78 is 1.30. The molecular weight excluding hydrogens is 298 g/mol. The van der Waals surface area contributed by atoms with Gasteiger partial charge in [0.15, 0.2) is 0 Å². The normalized spacial score (nSPS) is 17.4. The first-order valence-corrected chi connectivity index (χ1v) is 7.40. The Bertz CT molecular complexity index is 766. The molecule has 2 aromatic rings. The maximum absolute atomic E-state index is 11.9. The molecule has 0 saturated carbocycles. The van der Waals surface area contributed by atoms with Crippen molar-refractivity contribution in [1.29, 1.82) is 0 Å². The Balaban J connectivity index is 1.54. The van der Waals surface area contributed by atoms with E-state index in [1.54, 1.807) is 19.3 Å². The van der Waals surface area contributed by atoms with Crippen LogP contribution in [0.15, 0.2) is 23.1 Å². The summed E-state index contributed by atoms with van der Waals surface area (Å²) in [5, 5.41) is 13.2. The van der Waals surface area contributed by atoms with Crippen LogP contribution in [0.2, 0.25) is 0 Å². The lowest BCUT2D eigenvalue weighted by Gasteiger charge is -2.18. The van der Waals surface area contributed by atoms with E-state index in [-0.39, 0.29) is 11.5 Å². The summed E-state index contributed by atoms with van der Waals surface area (Å²) in [6.45, 7) is 2.18. The first kappa shape index (κ1) is 15.1. The number of carbonyl (C=O) groups excluding carboxylic acids is 1. The van der Waals surface area contributed by atoms with E-state index in [0.717, 1.165) is 25.2 Å². The summed E-state index contributed by atoms with van der Waals surface area (Å²) in [6, 6.07) is 3.09. The van der Waals surface area contributed by atoms with Gasteiger partial charge in [-0.25, -0.2) is 4.68 Å². The average molecular weight is 317 g/mol. The van der Waals surface area contributed by atoms with Gasteiger partial charge in [-0.15, -0.1) is 0 Å². The molecule has 9 heteroatoms. The minimum atomic E-state index is -0.220. The molecule has 0 spiro atoms. The number of anilines is 2. The lowest BCUT2D eigenvalue weighted by Crippen LogP contribution is -2.31. The number of nitrogen functional groups attached to an aromatic ring is 1. The monoisotopic (exact) mass is 317 g/mol. The van der Waals surface area contributed by atoms with Crippen LogP contribution in [-0.4, -0.2) is 45.5 Å². The Kier molecular flexibility index (Phi) is 4.00. The molecule has 0 aliphatic carbocycles. The van der Waals surface area contributed by atoms with E-state index in [2.05, 4.69) is 25.5 Å². The number of aromatic nitrogens is 4. The first-order valence-electron chi connectivity index (χ1n) is 7.40. The topological polar surface area (TPSA) is 122 Å². The molecule has 3 rings (SSSR count). The van der Waals surface area contributed by atoms with Gasteiger partial charge >= 0.3 is 0 Å². The van der Waals surface area contributed by atoms with Crippen LogP contribution in [0.5, 0.6) is 0 Å². The molecule has 0 unspecified atom stereocenters. The maximum atomic E-state index is 11.9. The van der Waals surface area contributed by atoms with Crippen molar-refractivity contribution in [1.82, 2.24) is 25.3 Å². The molecule has 0 aromatic carbocycles. The summed E-state index contributed by atoms with van der Waals surface area (Å²) in [7, 11) is 1.62. The van der Waals surface area contributed by atoms with Gasteiger partial charge in [0.1, 0.15) is 11.5 Å². The minimum absolute atomic E-state index is 0.129. The van der Waals surface area contributed by atoms with Gasteiger partial charge in [-0.1, -0.05) is 0 Å². The van der Waals surface area contributed by atoms with Crippen LogP contribution in [-0.2, 0) is 7.05 Å². The zero-order valence-corrected chi connectivity index (χ0v) is 12.8. The summed E-state index contributed by atoms with van der Waals surface area (Å²) in [4.78, 5) is 25.7. The molecule has 9 nitrogen and oxygen atoms in total. The van der Waals surface area contributed by atoms with Gasteiger partial charge < -0.3 is 16.0 Å². The van der Waals surface area contributed by atoms with Gasteiger partial charge in [-0.05, 0) is 12.3 Å². The molecular formula is C14H19N7O2. The Morgan fingerprint density at radius 1 is 1.52 bits per heavy atom. The van der Waals surface area contributed by atoms with Crippen LogP contribution in [0.3, 0.4) is 0 Å². The van der Waals surface area contributed by atoms with Crippen molar-refractivity contribution in [2.45, 2.75) is 6.42 Å². The highest BCUT2D eigenvalue weighted by Crippen LogP contribution is 2.21. The van der Waals surface area contributed by atoms with Gasteiger partial charge in [0.2, 0.25) is 0 Å². The molecule has 1 amide bonds. The third-order valence-corrected chi connectivity index (χ3v) is 4.00. The number of aromatic amines is 1. The van der Waals surface area contributed by atoms with E-state index in [0.29, 0.717) is 24.0 Å². The molecule has 1 fully saturated rings. The number of aryl methyl sites for hydroxylation is 1. The summed E-state index contributed by atoms with van der Waals surface area (Å²) in [6.07, 6.45) is 2.64. The number of nitrogens with zero attached hydrogens (tertiary/aromatic N) is 4. The Hall–Kier alpha value is -2.84. The number of nitrogens with one attached hydrogen (secondary N) is 2. The van der Waals surface area contributed by atoms with Crippen molar-refractivity contribution in [3.05, 3.63) is 34.4 Å². The Morgan fingerprint density at radius 2 is 2.35 bits per heavy atom. The second-order valence-corrected chi connectivity index (χ2v) is 5.69. The SMILES string of the molecule is Cn1ncc(N2CC[C@H](CNC(=O)c3cc(N)n[nH]3)C2)cc1=O. The third-order valence-electron chi connectivity index (χ3n) is 4.00. The van der Waals surface area contributed by atoms with Gasteiger partial charge in [0.05, 0.1) is 11.9 Å². The van der Waals surface area contributed by atoms with Crippen LogP contribution < -0.4 is 21.5 Å². The predicted octanol–water partition coefficient (Wildman–Crippen LogP) is -0.658. The van der Waals surface area contributed by atoms with Crippen molar-refractivity contribution in [3.8, 4) is 0 Å². The largest absolute Gasteiger partial charge is 0.382 e. The maximum Gasteiger partial charge on any atom is 0.269 e. The molecule has 4 N–H and O–H groups in total. The molecule has 23 heavy (non-hydrogen) atoms. The zero-order valence-electron chi connectivity index (χ0n) is 12.8. The summed E-state index contributed by atoms with van der Waals surface area (Å²) in [5.74, 6) is 0.395. The zero-order chi connectivity index (χ0) is 16.4. The van der Waals surface area contributed by atoms with Crippen molar-refractivity contribution in [2.75, 3.05) is 30.3 Å². The Morgan fingerprint density at radius 3 is 3.04 bits per heavy atom. The van der Waals surface area contributed by atoms with Crippen molar-refractivity contribution < 1.29 is 4.79 Å². The Labute approximate surface area is 132 Å². The van der Waals surface area contributed by atoms with E-state index >= 15 is 0 Å². The van der Waals surface area contributed by atoms with Gasteiger partial charge in [0.25, 0.3) is 11.5 Å². The van der Waals surface area contributed by atoms with E-state index < -0.39 is 0 Å². The summed E-state index contributed by atoms with van der Waals surface area (Å²) in [5.41, 5.74) is 6.53. The molecule has 0 bridgehead atoms.